The number of alkyl carbamates (subject to hydrolysis) is 1. The van der Waals surface area contributed by atoms with Crippen LogP contribution in [-0.2, 0) is 4.74 Å². The van der Waals surface area contributed by atoms with E-state index in [1.807, 2.05) is 0 Å². The van der Waals surface area contributed by atoms with Gasteiger partial charge in [-0.25, -0.2) is 4.79 Å². The number of nitrogens with two attached hydrogens (primary N) is 1. The molecule has 0 aliphatic heterocycles. The van der Waals surface area contributed by atoms with Gasteiger partial charge in [-0.1, -0.05) is 29.8 Å². The minimum absolute atomic E-state index is 0.211. The largest absolute Gasteiger partial charge is 0.444 e. The second kappa shape index (κ2) is 9.62. The Morgan fingerprint density at radius 2 is 1.86 bits per heavy atom. The number of halogens is 1. The van der Waals surface area contributed by atoms with E-state index in [2.05, 4.69) is 15.2 Å². The van der Waals surface area contributed by atoms with Gasteiger partial charge in [0.05, 0.1) is 16.2 Å². The summed E-state index contributed by atoms with van der Waals surface area (Å²) in [7, 11) is 0. The van der Waals surface area contributed by atoms with Crippen molar-refractivity contribution in [1.29, 1.82) is 0 Å². The highest BCUT2D eigenvalue weighted by atomic mass is 35.5. The molecular weight excluding hydrogens is 468 g/mol. The second-order valence-electron chi connectivity index (χ2n) is 9.62. The molecule has 0 atom stereocenters. The van der Waals surface area contributed by atoms with Gasteiger partial charge in [-0.05, 0) is 57.4 Å². The molecule has 4 rings (SSSR count). The van der Waals surface area contributed by atoms with Gasteiger partial charge in [-0.2, -0.15) is 0 Å². The Kier molecular flexibility index (Phi) is 6.76. The van der Waals surface area contributed by atoms with E-state index < -0.39 is 17.6 Å². The van der Waals surface area contributed by atoms with Crippen molar-refractivity contribution in [3.05, 3.63) is 63.4 Å². The average Bonchev–Trinajstić information content (AvgIpc) is 3.61. The van der Waals surface area contributed by atoms with Crippen molar-refractivity contribution in [2.24, 2.45) is 5.73 Å². The van der Waals surface area contributed by atoms with Crippen LogP contribution in [0, 0.1) is 0 Å². The van der Waals surface area contributed by atoms with E-state index in [9.17, 15) is 14.4 Å². The Hall–Kier alpha value is -3.52. The molecule has 184 valence electrons. The predicted molar refractivity (Wildman–Crippen MR) is 138 cm³/mol. The van der Waals surface area contributed by atoms with E-state index in [0.29, 0.717) is 45.9 Å². The number of ether oxygens (including phenoxy) is 1. The molecule has 1 saturated carbocycles. The third-order valence-electron chi connectivity index (χ3n) is 5.65. The number of carbonyl (C=O) groups excluding carboxylic acids is 2. The number of hydrogen-bond acceptors (Lipinski definition) is 5. The van der Waals surface area contributed by atoms with Crippen LogP contribution < -0.4 is 21.8 Å². The molecule has 3 aromatic rings. The predicted octanol–water partition coefficient (Wildman–Crippen LogP) is 4.69. The number of rotatable bonds is 7. The summed E-state index contributed by atoms with van der Waals surface area (Å²) in [5.74, 6) is -0.589. The fraction of sp³-hybridized carbons (Fsp3) is 0.346. The van der Waals surface area contributed by atoms with Crippen LogP contribution in [0.25, 0.3) is 22.0 Å². The first-order valence-corrected chi connectivity index (χ1v) is 11.9. The number of carbonyl (C=O) groups is 2. The van der Waals surface area contributed by atoms with Crippen molar-refractivity contribution < 1.29 is 14.3 Å². The third kappa shape index (κ3) is 5.59. The molecule has 8 nitrogen and oxygen atoms in total. The monoisotopic (exact) mass is 496 g/mol. The van der Waals surface area contributed by atoms with Crippen molar-refractivity contribution in [2.75, 3.05) is 18.4 Å². The molecule has 1 aliphatic carbocycles. The summed E-state index contributed by atoms with van der Waals surface area (Å²) in [5, 5.41) is 6.81. The Morgan fingerprint density at radius 1 is 1.14 bits per heavy atom. The smallest absolute Gasteiger partial charge is 0.407 e. The number of benzene rings is 2. The van der Waals surface area contributed by atoms with Crippen LogP contribution in [0.3, 0.4) is 0 Å². The molecule has 0 saturated heterocycles. The Bertz CT molecular complexity index is 1360. The maximum Gasteiger partial charge on any atom is 0.407 e. The third-order valence-corrected chi connectivity index (χ3v) is 5.97. The standard InChI is InChI=1S/C26H29ClN4O4/c1-26(2,3)35-25(34)30-11-10-29-21-12-18-22(13-20(21)27)31(15-8-9-15)14-19(23(18)32)16-6-4-5-7-17(16)24(28)33/h4-7,12-15,29H,8-11H2,1-3H3,(H2,28,33)(H,30,34). The summed E-state index contributed by atoms with van der Waals surface area (Å²) < 4.78 is 7.29. The summed E-state index contributed by atoms with van der Waals surface area (Å²) in [6.07, 6.45) is 3.30. The van der Waals surface area contributed by atoms with Crippen LogP contribution in [0.15, 0.2) is 47.4 Å². The lowest BCUT2D eigenvalue weighted by molar-refractivity contribution is 0.0530. The zero-order valence-electron chi connectivity index (χ0n) is 20.0. The Morgan fingerprint density at radius 3 is 2.51 bits per heavy atom. The fourth-order valence-electron chi connectivity index (χ4n) is 3.96. The SMILES string of the molecule is CC(C)(C)OC(=O)NCCNc1cc2c(=O)c(-c3ccccc3C(N)=O)cn(C3CC3)c2cc1Cl. The number of nitrogens with one attached hydrogen (secondary N) is 2. The van der Waals surface area contributed by atoms with Gasteiger partial charge in [-0.3, -0.25) is 9.59 Å². The molecule has 4 N–H and O–H groups in total. The molecule has 2 aromatic carbocycles. The summed E-state index contributed by atoms with van der Waals surface area (Å²) in [5.41, 5.74) is 7.32. The van der Waals surface area contributed by atoms with E-state index in [4.69, 9.17) is 22.1 Å². The molecule has 1 aromatic heterocycles. The van der Waals surface area contributed by atoms with Gasteiger partial charge in [0.1, 0.15) is 5.60 Å². The van der Waals surface area contributed by atoms with Crippen LogP contribution in [0.5, 0.6) is 0 Å². The molecule has 0 bridgehead atoms. The van der Waals surface area contributed by atoms with Crippen LogP contribution in [0.4, 0.5) is 10.5 Å². The molecule has 0 spiro atoms. The van der Waals surface area contributed by atoms with Crippen LogP contribution >= 0.6 is 11.6 Å². The zero-order valence-corrected chi connectivity index (χ0v) is 20.7. The number of hydrogen-bond donors (Lipinski definition) is 3. The second-order valence-corrected chi connectivity index (χ2v) is 10.0. The summed E-state index contributed by atoms with van der Waals surface area (Å²) >= 11 is 6.55. The molecule has 9 heteroatoms. The van der Waals surface area contributed by atoms with Crippen molar-refractivity contribution in [1.82, 2.24) is 9.88 Å². The first-order chi connectivity index (χ1) is 16.5. The van der Waals surface area contributed by atoms with Gasteiger partial charge in [-0.15, -0.1) is 0 Å². The maximum absolute atomic E-state index is 13.6. The van der Waals surface area contributed by atoms with Gasteiger partial charge >= 0.3 is 6.09 Å². The Labute approximate surface area is 208 Å². The highest BCUT2D eigenvalue weighted by molar-refractivity contribution is 6.34. The maximum atomic E-state index is 13.6. The van der Waals surface area contributed by atoms with Crippen molar-refractivity contribution in [3.8, 4) is 11.1 Å². The topological polar surface area (TPSA) is 115 Å². The van der Waals surface area contributed by atoms with Gasteiger partial charge in [0.25, 0.3) is 0 Å². The number of primary amides is 1. The molecule has 35 heavy (non-hydrogen) atoms. The zero-order chi connectivity index (χ0) is 25.3. The Balaban J connectivity index is 1.67. The highest BCUT2D eigenvalue weighted by Gasteiger charge is 2.27. The van der Waals surface area contributed by atoms with Crippen molar-refractivity contribution in [2.45, 2.75) is 45.3 Å². The molecule has 0 unspecified atom stereocenters. The summed E-state index contributed by atoms with van der Waals surface area (Å²) in [6.45, 7) is 6.08. The summed E-state index contributed by atoms with van der Waals surface area (Å²) in [4.78, 5) is 37.5. The summed E-state index contributed by atoms with van der Waals surface area (Å²) in [6, 6.07) is 10.6. The number of amides is 2. The molecule has 1 fully saturated rings. The number of aromatic nitrogens is 1. The normalized spacial score (nSPS) is 13.5. The quantitative estimate of drug-likeness (QED) is 0.410. The van der Waals surface area contributed by atoms with Crippen LogP contribution in [-0.4, -0.2) is 35.3 Å². The fourth-order valence-corrected chi connectivity index (χ4v) is 4.19. The molecule has 1 heterocycles. The number of nitrogens with zero attached hydrogens (tertiary/aromatic N) is 1. The average molecular weight is 497 g/mol. The number of pyridine rings is 1. The van der Waals surface area contributed by atoms with Gasteiger partial charge in [0.15, 0.2) is 5.43 Å². The van der Waals surface area contributed by atoms with E-state index in [1.165, 1.54) is 0 Å². The lowest BCUT2D eigenvalue weighted by Crippen LogP contribution is -2.35. The highest BCUT2D eigenvalue weighted by Crippen LogP contribution is 2.39. The minimum Gasteiger partial charge on any atom is -0.444 e. The number of anilines is 1. The first-order valence-electron chi connectivity index (χ1n) is 11.5. The lowest BCUT2D eigenvalue weighted by atomic mass is 9.98. The van der Waals surface area contributed by atoms with Crippen molar-refractivity contribution in [3.63, 3.8) is 0 Å². The van der Waals surface area contributed by atoms with Crippen LogP contribution in [0.2, 0.25) is 5.02 Å². The molecular formula is C26H29ClN4O4. The van der Waals surface area contributed by atoms with Crippen molar-refractivity contribution >= 4 is 40.2 Å². The van der Waals surface area contributed by atoms with E-state index in [0.717, 1.165) is 18.4 Å². The van der Waals surface area contributed by atoms with Gasteiger partial charge < -0.3 is 25.7 Å². The van der Waals surface area contributed by atoms with E-state index in [1.54, 1.807) is 63.4 Å². The van der Waals surface area contributed by atoms with Gasteiger partial charge in [0, 0.05) is 41.8 Å². The minimum atomic E-state index is -0.589. The lowest BCUT2D eigenvalue weighted by Gasteiger charge is -2.20. The molecule has 0 radical (unpaired) electrons. The van der Waals surface area contributed by atoms with E-state index >= 15 is 0 Å². The molecule has 2 amide bonds. The van der Waals surface area contributed by atoms with Crippen LogP contribution in [0.1, 0.15) is 50.0 Å². The van der Waals surface area contributed by atoms with Gasteiger partial charge in [0.2, 0.25) is 5.91 Å². The first kappa shape index (κ1) is 24.6. The molecule has 1 aliphatic rings. The number of fused-ring (bicyclic) bond motifs is 1. The van der Waals surface area contributed by atoms with E-state index in [-0.39, 0.29) is 11.5 Å².